The molecule has 0 aromatic heterocycles. The Morgan fingerprint density at radius 1 is 1.07 bits per heavy atom. The number of ether oxygens (including phenoxy) is 2. The number of carbonyl (C=O) groups excluding carboxylic acids is 2. The van der Waals surface area contributed by atoms with Crippen LogP contribution in [0.3, 0.4) is 0 Å². The molecule has 1 aliphatic heterocycles. The van der Waals surface area contributed by atoms with Crippen LogP contribution in [-0.4, -0.2) is 57.2 Å². The molecule has 0 aliphatic carbocycles. The first-order valence-electron chi connectivity index (χ1n) is 10.8. The third-order valence-electron chi connectivity index (χ3n) is 4.78. The molecular formula is C23H38N2O4. The van der Waals surface area contributed by atoms with Crippen LogP contribution in [0.1, 0.15) is 57.8 Å². The van der Waals surface area contributed by atoms with Crippen LogP contribution in [0, 0.1) is 5.92 Å². The first kappa shape index (κ1) is 25.1. The number of ketones is 1. The zero-order chi connectivity index (χ0) is 21.6. The summed E-state index contributed by atoms with van der Waals surface area (Å²) in [5, 5.41) is 2.86. The highest BCUT2D eigenvalue weighted by molar-refractivity contribution is 5.94. The van der Waals surface area contributed by atoms with E-state index in [1.54, 1.807) is 6.92 Å². The number of benzene rings is 1. The number of hydrogen-bond donors (Lipinski definition) is 1. The molecule has 1 heterocycles. The van der Waals surface area contributed by atoms with Gasteiger partial charge in [-0.25, -0.2) is 0 Å². The number of nitrogens with one attached hydrogen (secondary N) is 1. The molecule has 0 bridgehead atoms. The number of rotatable bonds is 10. The number of carbonyl (C=O) groups is 2. The van der Waals surface area contributed by atoms with Gasteiger partial charge in [0.15, 0.2) is 0 Å². The monoisotopic (exact) mass is 406 g/mol. The van der Waals surface area contributed by atoms with Crippen molar-refractivity contribution in [3.8, 4) is 0 Å². The van der Waals surface area contributed by atoms with Crippen LogP contribution in [0.4, 0.5) is 5.69 Å². The lowest BCUT2D eigenvalue weighted by molar-refractivity contribution is -0.121. The quantitative estimate of drug-likeness (QED) is 0.600. The second kappa shape index (κ2) is 14.1. The summed E-state index contributed by atoms with van der Waals surface area (Å²) in [4.78, 5) is 25.9. The van der Waals surface area contributed by atoms with Gasteiger partial charge >= 0.3 is 0 Å². The van der Waals surface area contributed by atoms with Gasteiger partial charge in [0.2, 0.25) is 0 Å². The Labute approximate surface area is 175 Å². The fraction of sp³-hybridized carbons (Fsp3) is 0.652. The van der Waals surface area contributed by atoms with Gasteiger partial charge in [0.05, 0.1) is 25.9 Å². The highest BCUT2D eigenvalue weighted by Gasteiger charge is 2.22. The van der Waals surface area contributed by atoms with Gasteiger partial charge in [-0.15, -0.1) is 0 Å². The molecule has 1 N–H and O–H groups in total. The predicted molar refractivity (Wildman–Crippen MR) is 118 cm³/mol. The topological polar surface area (TPSA) is 67.9 Å². The van der Waals surface area contributed by atoms with Gasteiger partial charge in [-0.05, 0) is 57.9 Å². The molecule has 1 aromatic rings. The van der Waals surface area contributed by atoms with Gasteiger partial charge < -0.3 is 19.7 Å². The molecule has 6 heteroatoms. The maximum absolute atomic E-state index is 12.2. The second-order valence-corrected chi connectivity index (χ2v) is 7.21. The number of Topliss-reactive ketones (excluding diaryl/α,β-unsaturated/α-hetero) is 1. The Balaban J connectivity index is 0.00000204. The van der Waals surface area contributed by atoms with E-state index in [0.717, 1.165) is 31.6 Å². The van der Waals surface area contributed by atoms with Crippen molar-refractivity contribution in [1.29, 1.82) is 0 Å². The van der Waals surface area contributed by atoms with E-state index in [2.05, 4.69) is 10.2 Å². The molecule has 1 aliphatic rings. The highest BCUT2D eigenvalue weighted by atomic mass is 16.5. The Morgan fingerprint density at radius 3 is 2.24 bits per heavy atom. The lowest BCUT2D eigenvalue weighted by Crippen LogP contribution is -2.35. The highest BCUT2D eigenvalue weighted by Crippen LogP contribution is 2.24. The fourth-order valence-electron chi connectivity index (χ4n) is 3.15. The summed E-state index contributed by atoms with van der Waals surface area (Å²) >= 11 is 0. The SMILES string of the molecule is CC.CC(=O)C1CCN(c2ccc(C(=O)NCCOCCOC(C)C)cc2)CC1. The summed E-state index contributed by atoms with van der Waals surface area (Å²) in [6, 6.07) is 7.64. The normalized spacial score (nSPS) is 14.3. The molecule has 1 saturated heterocycles. The second-order valence-electron chi connectivity index (χ2n) is 7.21. The van der Waals surface area contributed by atoms with Crippen LogP contribution >= 0.6 is 0 Å². The first-order valence-corrected chi connectivity index (χ1v) is 10.8. The van der Waals surface area contributed by atoms with E-state index in [9.17, 15) is 9.59 Å². The molecule has 29 heavy (non-hydrogen) atoms. The van der Waals surface area contributed by atoms with E-state index < -0.39 is 0 Å². The zero-order valence-electron chi connectivity index (χ0n) is 18.7. The average molecular weight is 407 g/mol. The molecular weight excluding hydrogens is 368 g/mol. The number of amides is 1. The Morgan fingerprint density at radius 2 is 1.69 bits per heavy atom. The van der Waals surface area contributed by atoms with Gasteiger partial charge in [0.25, 0.3) is 5.91 Å². The van der Waals surface area contributed by atoms with Crippen molar-refractivity contribution >= 4 is 17.4 Å². The summed E-state index contributed by atoms with van der Waals surface area (Å²) < 4.78 is 10.8. The lowest BCUT2D eigenvalue weighted by Gasteiger charge is -2.32. The molecule has 1 aromatic carbocycles. The van der Waals surface area contributed by atoms with Crippen LogP contribution in [-0.2, 0) is 14.3 Å². The van der Waals surface area contributed by atoms with Crippen LogP contribution in [0.5, 0.6) is 0 Å². The predicted octanol–water partition coefficient (Wildman–Crippen LogP) is 3.69. The maximum Gasteiger partial charge on any atom is 0.251 e. The van der Waals surface area contributed by atoms with Crippen LogP contribution in [0.25, 0.3) is 0 Å². The Bertz CT molecular complexity index is 593. The standard InChI is InChI=1S/C21H32N2O4.C2H6/c1-16(2)27-15-14-26-13-10-22-21(25)19-4-6-20(7-5-19)23-11-8-18(9-12-23)17(3)24;1-2/h4-7,16,18H,8-15H2,1-3H3,(H,22,25);1-2H3. The number of piperidine rings is 1. The third kappa shape index (κ3) is 9.41. The smallest absolute Gasteiger partial charge is 0.251 e. The van der Waals surface area contributed by atoms with Gasteiger partial charge in [0, 0.05) is 36.8 Å². The number of hydrogen-bond acceptors (Lipinski definition) is 5. The third-order valence-corrected chi connectivity index (χ3v) is 4.78. The molecule has 0 spiro atoms. The van der Waals surface area contributed by atoms with Crippen LogP contribution in [0.15, 0.2) is 24.3 Å². The van der Waals surface area contributed by atoms with E-state index >= 15 is 0 Å². The molecule has 0 atom stereocenters. The van der Waals surface area contributed by atoms with Gasteiger partial charge in [0.1, 0.15) is 5.78 Å². The van der Waals surface area contributed by atoms with Gasteiger partial charge in [-0.3, -0.25) is 9.59 Å². The van der Waals surface area contributed by atoms with Crippen molar-refractivity contribution < 1.29 is 19.1 Å². The molecule has 6 nitrogen and oxygen atoms in total. The van der Waals surface area contributed by atoms with Crippen molar-refractivity contribution in [1.82, 2.24) is 5.32 Å². The van der Waals surface area contributed by atoms with E-state index in [1.165, 1.54) is 0 Å². The van der Waals surface area contributed by atoms with Crippen molar-refractivity contribution in [3.05, 3.63) is 29.8 Å². The average Bonchev–Trinajstić information content (AvgIpc) is 2.74. The van der Waals surface area contributed by atoms with Crippen molar-refractivity contribution in [3.63, 3.8) is 0 Å². The minimum atomic E-state index is -0.0983. The molecule has 1 fully saturated rings. The minimum absolute atomic E-state index is 0.0983. The largest absolute Gasteiger partial charge is 0.377 e. The van der Waals surface area contributed by atoms with Gasteiger partial charge in [-0.2, -0.15) is 0 Å². The van der Waals surface area contributed by atoms with E-state index in [-0.39, 0.29) is 23.7 Å². The van der Waals surface area contributed by atoms with Gasteiger partial charge in [-0.1, -0.05) is 13.8 Å². The minimum Gasteiger partial charge on any atom is -0.377 e. The van der Waals surface area contributed by atoms with E-state index in [0.29, 0.717) is 31.9 Å². The summed E-state index contributed by atoms with van der Waals surface area (Å²) in [5.41, 5.74) is 1.74. The summed E-state index contributed by atoms with van der Waals surface area (Å²) in [5.74, 6) is 0.391. The molecule has 164 valence electrons. The van der Waals surface area contributed by atoms with E-state index in [4.69, 9.17) is 9.47 Å². The molecule has 1 amide bonds. The van der Waals surface area contributed by atoms with E-state index in [1.807, 2.05) is 52.0 Å². The van der Waals surface area contributed by atoms with Crippen molar-refractivity contribution in [2.24, 2.45) is 5.92 Å². The van der Waals surface area contributed by atoms with Crippen molar-refractivity contribution in [2.75, 3.05) is 44.4 Å². The van der Waals surface area contributed by atoms with Crippen LogP contribution < -0.4 is 10.2 Å². The fourth-order valence-corrected chi connectivity index (χ4v) is 3.15. The maximum atomic E-state index is 12.2. The molecule has 0 unspecified atom stereocenters. The summed E-state index contributed by atoms with van der Waals surface area (Å²) in [6.45, 7) is 13.5. The Hall–Kier alpha value is -1.92. The van der Waals surface area contributed by atoms with Crippen molar-refractivity contribution in [2.45, 2.75) is 53.6 Å². The number of nitrogens with zero attached hydrogens (tertiary/aromatic N) is 1. The Kier molecular flexibility index (Phi) is 12.2. The molecule has 0 saturated carbocycles. The summed E-state index contributed by atoms with van der Waals surface area (Å²) in [7, 11) is 0. The zero-order valence-corrected chi connectivity index (χ0v) is 18.7. The van der Waals surface area contributed by atoms with Crippen LogP contribution in [0.2, 0.25) is 0 Å². The molecule has 2 rings (SSSR count). The lowest BCUT2D eigenvalue weighted by atomic mass is 9.93. The molecule has 0 radical (unpaired) electrons. The summed E-state index contributed by atoms with van der Waals surface area (Å²) in [6.07, 6.45) is 2.01. The first-order chi connectivity index (χ1) is 14.0. The number of anilines is 1.